The quantitative estimate of drug-likeness (QED) is 0.507. The van der Waals surface area contributed by atoms with Gasteiger partial charge in [-0.1, -0.05) is 54.1 Å². The molecular formula is C27H35N3O2. The van der Waals surface area contributed by atoms with E-state index in [1.165, 1.54) is 5.56 Å². The Kier molecular flexibility index (Phi) is 10.2. The molecule has 1 aliphatic rings. The number of rotatable bonds is 5. The number of hydrogen-bond donors (Lipinski definition) is 2. The molecule has 1 amide bonds. The standard InChI is InChI=1S/C20H27N3O2.C7H8/c1-5-17-11-16(13-22-17)20(24)23-19(21-4)10-14(3)15-8-7-9-18(12-15)25-6-2;1-7-5-3-2-4-6-7/h5,7-10,12,16,22H,6,11,13H2,1-4H3,(H,21,23,24);2-6H,1H3/b14-10+,17-5+;. The van der Waals surface area contributed by atoms with E-state index in [4.69, 9.17) is 4.74 Å². The number of allylic oxidation sites excluding steroid dienone is 3. The first-order valence-corrected chi connectivity index (χ1v) is 11.1. The van der Waals surface area contributed by atoms with E-state index in [9.17, 15) is 4.79 Å². The minimum atomic E-state index is -0.0575. The maximum Gasteiger partial charge on any atom is 0.230 e. The Bertz CT molecular complexity index is 962. The van der Waals surface area contributed by atoms with Gasteiger partial charge in [0.25, 0.3) is 0 Å². The lowest BCUT2D eigenvalue weighted by Gasteiger charge is -2.11. The highest BCUT2D eigenvalue weighted by molar-refractivity contribution is 6.08. The average Bonchev–Trinajstić information content (AvgIpc) is 3.29. The van der Waals surface area contributed by atoms with Gasteiger partial charge in [-0.15, -0.1) is 0 Å². The summed E-state index contributed by atoms with van der Waals surface area (Å²) in [5.74, 6) is 1.34. The number of aryl methyl sites for hydroxylation is 1. The van der Waals surface area contributed by atoms with Gasteiger partial charge in [0.15, 0.2) is 0 Å². The average molecular weight is 434 g/mol. The van der Waals surface area contributed by atoms with Crippen LogP contribution in [0.2, 0.25) is 0 Å². The number of carbonyl (C=O) groups is 1. The van der Waals surface area contributed by atoms with Gasteiger partial charge in [-0.25, -0.2) is 0 Å². The zero-order valence-corrected chi connectivity index (χ0v) is 19.8. The van der Waals surface area contributed by atoms with Gasteiger partial charge in [0, 0.05) is 25.7 Å². The van der Waals surface area contributed by atoms with Crippen molar-refractivity contribution < 1.29 is 9.53 Å². The molecule has 0 aliphatic carbocycles. The highest BCUT2D eigenvalue weighted by Crippen LogP contribution is 2.20. The SMILES string of the molecule is C/C=C1\CC(C(=O)NC(/C=C(\C)c2cccc(OCC)c2)=NC)CN1.Cc1ccccc1. The molecule has 1 aliphatic heterocycles. The number of hydrogen-bond acceptors (Lipinski definition) is 4. The summed E-state index contributed by atoms with van der Waals surface area (Å²) in [6, 6.07) is 18.2. The Morgan fingerprint density at radius 2 is 1.97 bits per heavy atom. The van der Waals surface area contributed by atoms with Gasteiger partial charge < -0.3 is 15.4 Å². The largest absolute Gasteiger partial charge is 0.494 e. The maximum absolute atomic E-state index is 12.4. The van der Waals surface area contributed by atoms with Crippen molar-refractivity contribution in [3.05, 3.63) is 83.6 Å². The van der Waals surface area contributed by atoms with Crippen LogP contribution in [0.15, 0.2) is 77.4 Å². The fourth-order valence-electron chi connectivity index (χ4n) is 3.27. The van der Waals surface area contributed by atoms with Gasteiger partial charge in [0.1, 0.15) is 11.6 Å². The Morgan fingerprint density at radius 1 is 1.22 bits per heavy atom. The number of nitrogens with zero attached hydrogens (tertiary/aromatic N) is 1. The summed E-state index contributed by atoms with van der Waals surface area (Å²) in [6.07, 6.45) is 4.65. The first-order chi connectivity index (χ1) is 15.5. The lowest BCUT2D eigenvalue weighted by Crippen LogP contribution is -2.35. The predicted octanol–water partition coefficient (Wildman–Crippen LogP) is 5.14. The first-order valence-electron chi connectivity index (χ1n) is 11.1. The predicted molar refractivity (Wildman–Crippen MR) is 134 cm³/mol. The number of nitrogens with one attached hydrogen (secondary N) is 2. The van der Waals surface area contributed by atoms with Crippen LogP contribution in [0.4, 0.5) is 0 Å². The van der Waals surface area contributed by atoms with Crippen LogP contribution in [0, 0.1) is 12.8 Å². The van der Waals surface area contributed by atoms with Gasteiger partial charge in [0.2, 0.25) is 5.91 Å². The van der Waals surface area contributed by atoms with Crippen molar-refractivity contribution >= 4 is 17.3 Å². The molecule has 170 valence electrons. The van der Waals surface area contributed by atoms with Crippen LogP contribution >= 0.6 is 0 Å². The summed E-state index contributed by atoms with van der Waals surface area (Å²) in [5, 5.41) is 6.17. The van der Waals surface area contributed by atoms with E-state index in [1.807, 2.05) is 75.4 Å². The molecule has 0 saturated carbocycles. The minimum absolute atomic E-state index is 0.00272. The van der Waals surface area contributed by atoms with Gasteiger partial charge in [0.05, 0.1) is 12.5 Å². The highest BCUT2D eigenvalue weighted by Gasteiger charge is 2.25. The molecule has 0 aromatic heterocycles. The molecule has 32 heavy (non-hydrogen) atoms. The van der Waals surface area contributed by atoms with Gasteiger partial charge >= 0.3 is 0 Å². The maximum atomic E-state index is 12.4. The lowest BCUT2D eigenvalue weighted by atomic mass is 10.1. The van der Waals surface area contributed by atoms with Crippen LogP contribution in [-0.2, 0) is 4.79 Å². The highest BCUT2D eigenvalue weighted by atomic mass is 16.5. The van der Waals surface area contributed by atoms with E-state index in [-0.39, 0.29) is 11.8 Å². The van der Waals surface area contributed by atoms with Gasteiger partial charge in [-0.2, -0.15) is 0 Å². The van der Waals surface area contributed by atoms with E-state index >= 15 is 0 Å². The molecule has 1 heterocycles. The van der Waals surface area contributed by atoms with Crippen molar-refractivity contribution in [1.82, 2.24) is 10.6 Å². The fraction of sp³-hybridized carbons (Fsp3) is 0.333. The van der Waals surface area contributed by atoms with Crippen LogP contribution in [-0.4, -0.2) is 31.9 Å². The van der Waals surface area contributed by atoms with Crippen molar-refractivity contribution in [1.29, 1.82) is 0 Å². The number of benzene rings is 2. The molecule has 2 aromatic carbocycles. The van der Waals surface area contributed by atoms with E-state index < -0.39 is 0 Å². The molecule has 0 radical (unpaired) electrons. The summed E-state index contributed by atoms with van der Waals surface area (Å²) in [6.45, 7) is 9.32. The van der Waals surface area contributed by atoms with Crippen LogP contribution in [0.1, 0.15) is 38.3 Å². The zero-order chi connectivity index (χ0) is 23.3. The van der Waals surface area contributed by atoms with Gasteiger partial charge in [-0.05, 0) is 57.0 Å². The van der Waals surface area contributed by atoms with E-state index in [2.05, 4.69) is 34.7 Å². The summed E-state index contributed by atoms with van der Waals surface area (Å²) in [7, 11) is 1.68. The third kappa shape index (κ3) is 8.06. The van der Waals surface area contributed by atoms with Gasteiger partial charge in [-0.3, -0.25) is 9.79 Å². The fourth-order valence-corrected chi connectivity index (χ4v) is 3.27. The van der Waals surface area contributed by atoms with Crippen molar-refractivity contribution in [2.45, 2.75) is 34.1 Å². The topological polar surface area (TPSA) is 62.7 Å². The summed E-state index contributed by atoms with van der Waals surface area (Å²) >= 11 is 0. The van der Waals surface area contributed by atoms with E-state index in [1.54, 1.807) is 7.05 Å². The molecule has 0 bridgehead atoms. The molecule has 1 fully saturated rings. The normalized spacial score (nSPS) is 17.3. The molecular weight excluding hydrogens is 398 g/mol. The molecule has 5 nitrogen and oxygen atoms in total. The van der Waals surface area contributed by atoms with Crippen molar-refractivity contribution in [3.8, 4) is 5.75 Å². The second-order valence-electron chi connectivity index (χ2n) is 7.64. The van der Waals surface area contributed by atoms with E-state index in [0.29, 0.717) is 19.0 Å². The summed E-state index contributed by atoms with van der Waals surface area (Å²) in [4.78, 5) is 16.6. The second kappa shape index (κ2) is 13.2. The molecule has 1 unspecified atom stereocenters. The summed E-state index contributed by atoms with van der Waals surface area (Å²) in [5.41, 5.74) is 4.50. The van der Waals surface area contributed by atoms with Crippen LogP contribution in [0.3, 0.4) is 0 Å². The molecule has 0 spiro atoms. The van der Waals surface area contributed by atoms with Crippen molar-refractivity contribution in [2.24, 2.45) is 10.9 Å². The number of carbonyl (C=O) groups excluding carboxylic acids is 1. The Labute approximate surface area is 192 Å². The smallest absolute Gasteiger partial charge is 0.230 e. The minimum Gasteiger partial charge on any atom is -0.494 e. The van der Waals surface area contributed by atoms with Crippen LogP contribution in [0.25, 0.3) is 5.57 Å². The zero-order valence-electron chi connectivity index (χ0n) is 19.8. The molecule has 2 N–H and O–H groups in total. The Balaban J connectivity index is 0.000000439. The molecule has 1 atom stereocenters. The van der Waals surface area contributed by atoms with Crippen molar-refractivity contribution in [3.63, 3.8) is 0 Å². The monoisotopic (exact) mass is 433 g/mol. The van der Waals surface area contributed by atoms with Crippen LogP contribution < -0.4 is 15.4 Å². The summed E-state index contributed by atoms with van der Waals surface area (Å²) < 4.78 is 5.54. The number of aliphatic imine (C=N–C) groups is 1. The number of ether oxygens (including phenoxy) is 1. The molecule has 2 aromatic rings. The number of amidine groups is 1. The van der Waals surface area contributed by atoms with Crippen LogP contribution in [0.5, 0.6) is 5.75 Å². The van der Waals surface area contributed by atoms with E-state index in [0.717, 1.165) is 29.0 Å². The second-order valence-corrected chi connectivity index (χ2v) is 7.64. The third-order valence-electron chi connectivity index (χ3n) is 5.15. The molecule has 5 heteroatoms. The Hall–Kier alpha value is -3.34. The molecule has 3 rings (SSSR count). The third-order valence-corrected chi connectivity index (χ3v) is 5.15. The first kappa shape index (κ1) is 24.9. The van der Waals surface area contributed by atoms with Crippen molar-refractivity contribution in [2.75, 3.05) is 20.2 Å². The number of amides is 1. The lowest BCUT2D eigenvalue weighted by molar-refractivity contribution is -0.122. The molecule has 1 saturated heterocycles. The Morgan fingerprint density at radius 3 is 2.53 bits per heavy atom.